The summed E-state index contributed by atoms with van der Waals surface area (Å²) >= 11 is 0. The van der Waals surface area contributed by atoms with E-state index in [1.807, 2.05) is 0 Å². The van der Waals surface area contributed by atoms with Gasteiger partial charge in [-0.2, -0.15) is 0 Å². The summed E-state index contributed by atoms with van der Waals surface area (Å²) in [5.41, 5.74) is 5.91. The molecule has 1 aliphatic rings. The maximum atomic E-state index is 11.4. The van der Waals surface area contributed by atoms with Gasteiger partial charge in [0.2, 0.25) is 0 Å². The summed E-state index contributed by atoms with van der Waals surface area (Å²) in [5, 5.41) is 0. The third-order valence-corrected chi connectivity index (χ3v) is 3.41. The van der Waals surface area contributed by atoms with E-state index in [-0.39, 0.29) is 24.1 Å². The van der Waals surface area contributed by atoms with Crippen LogP contribution in [0.4, 0.5) is 0 Å². The number of rotatable bonds is 4. The lowest BCUT2D eigenvalue weighted by molar-refractivity contribution is -0.146. The first-order valence-corrected chi connectivity index (χ1v) is 6.11. The summed E-state index contributed by atoms with van der Waals surface area (Å²) in [6, 6.07) is -0.503. The first kappa shape index (κ1) is 13.5. The van der Waals surface area contributed by atoms with Crippen molar-refractivity contribution in [1.82, 2.24) is 0 Å². The van der Waals surface area contributed by atoms with E-state index >= 15 is 0 Å². The highest BCUT2D eigenvalue weighted by Gasteiger charge is 2.34. The summed E-state index contributed by atoms with van der Waals surface area (Å²) in [6.07, 6.45) is 4.15. The molecular weight excluding hydrogens is 206 g/mol. The van der Waals surface area contributed by atoms with E-state index in [1.54, 1.807) is 0 Å². The Balaban J connectivity index is 2.61. The van der Waals surface area contributed by atoms with Crippen molar-refractivity contribution < 1.29 is 14.3 Å². The first-order chi connectivity index (χ1) is 7.62. The SMILES string of the molecule is CC[C@@H]1CC([C@H](N)C(=O)OC)C[C@H](CC)O1. The Morgan fingerprint density at radius 3 is 2.25 bits per heavy atom. The van der Waals surface area contributed by atoms with Crippen LogP contribution in [0, 0.1) is 5.92 Å². The molecule has 1 aliphatic heterocycles. The maximum Gasteiger partial charge on any atom is 0.322 e. The molecule has 0 aromatic rings. The van der Waals surface area contributed by atoms with Gasteiger partial charge in [-0.1, -0.05) is 13.8 Å². The molecular formula is C12H23NO3. The normalized spacial score (nSPS) is 32.1. The van der Waals surface area contributed by atoms with Crippen LogP contribution in [0.15, 0.2) is 0 Å². The van der Waals surface area contributed by atoms with Crippen LogP contribution in [0.2, 0.25) is 0 Å². The van der Waals surface area contributed by atoms with E-state index in [0.717, 1.165) is 25.7 Å². The number of esters is 1. The van der Waals surface area contributed by atoms with E-state index < -0.39 is 6.04 Å². The standard InChI is InChI=1S/C12H23NO3/c1-4-9-6-8(7-10(5-2)16-9)11(13)12(14)15-3/h8-11H,4-7,13H2,1-3H3/t8?,9-,10+,11-/m0/s1. The Hall–Kier alpha value is -0.610. The number of ether oxygens (including phenoxy) is 2. The molecule has 0 amide bonds. The average molecular weight is 229 g/mol. The van der Waals surface area contributed by atoms with E-state index in [1.165, 1.54) is 7.11 Å². The van der Waals surface area contributed by atoms with Crippen LogP contribution in [0.3, 0.4) is 0 Å². The maximum absolute atomic E-state index is 11.4. The van der Waals surface area contributed by atoms with Crippen LogP contribution in [0.1, 0.15) is 39.5 Å². The van der Waals surface area contributed by atoms with Gasteiger partial charge in [-0.15, -0.1) is 0 Å². The number of nitrogens with two attached hydrogens (primary N) is 1. The average Bonchev–Trinajstić information content (AvgIpc) is 2.35. The zero-order valence-corrected chi connectivity index (χ0v) is 10.4. The molecule has 0 bridgehead atoms. The Morgan fingerprint density at radius 2 is 1.88 bits per heavy atom. The minimum absolute atomic E-state index is 0.191. The fraction of sp³-hybridized carbons (Fsp3) is 0.917. The highest BCUT2D eigenvalue weighted by molar-refractivity contribution is 5.75. The van der Waals surface area contributed by atoms with E-state index in [9.17, 15) is 4.79 Å². The summed E-state index contributed by atoms with van der Waals surface area (Å²) in [6.45, 7) is 4.20. The third-order valence-electron chi connectivity index (χ3n) is 3.41. The molecule has 1 saturated heterocycles. The lowest BCUT2D eigenvalue weighted by Crippen LogP contribution is -2.45. The lowest BCUT2D eigenvalue weighted by Gasteiger charge is -2.36. The number of carbonyl (C=O) groups excluding carboxylic acids is 1. The second kappa shape index (κ2) is 6.21. The molecule has 1 rings (SSSR count). The molecule has 1 fully saturated rings. The predicted octanol–water partition coefficient (Wildman–Crippen LogP) is 1.47. The van der Waals surface area contributed by atoms with E-state index in [4.69, 9.17) is 15.2 Å². The van der Waals surface area contributed by atoms with Crippen molar-refractivity contribution in [2.45, 2.75) is 57.8 Å². The molecule has 16 heavy (non-hydrogen) atoms. The second-order valence-electron chi connectivity index (χ2n) is 4.48. The number of carbonyl (C=O) groups is 1. The lowest BCUT2D eigenvalue weighted by atomic mass is 9.84. The molecule has 0 aromatic heterocycles. The van der Waals surface area contributed by atoms with Crippen LogP contribution in [0.5, 0.6) is 0 Å². The Kier molecular flexibility index (Phi) is 5.22. The monoisotopic (exact) mass is 229 g/mol. The highest BCUT2D eigenvalue weighted by atomic mass is 16.5. The summed E-state index contributed by atoms with van der Waals surface area (Å²) in [5.74, 6) is -0.118. The molecule has 0 radical (unpaired) electrons. The van der Waals surface area contributed by atoms with Crippen LogP contribution in [0.25, 0.3) is 0 Å². The Labute approximate surface area is 97.5 Å². The van der Waals surface area contributed by atoms with Gasteiger partial charge < -0.3 is 15.2 Å². The zero-order valence-electron chi connectivity index (χ0n) is 10.4. The van der Waals surface area contributed by atoms with Gasteiger partial charge in [0, 0.05) is 0 Å². The van der Waals surface area contributed by atoms with Crippen LogP contribution in [-0.2, 0) is 14.3 Å². The van der Waals surface area contributed by atoms with Gasteiger partial charge in [0.15, 0.2) is 0 Å². The zero-order chi connectivity index (χ0) is 12.1. The molecule has 0 saturated carbocycles. The predicted molar refractivity (Wildman–Crippen MR) is 62.0 cm³/mol. The van der Waals surface area contributed by atoms with Crippen LogP contribution in [-0.4, -0.2) is 31.3 Å². The largest absolute Gasteiger partial charge is 0.468 e. The van der Waals surface area contributed by atoms with Gasteiger partial charge in [0.1, 0.15) is 6.04 Å². The van der Waals surface area contributed by atoms with Crippen molar-refractivity contribution >= 4 is 5.97 Å². The molecule has 0 aliphatic carbocycles. The molecule has 2 N–H and O–H groups in total. The van der Waals surface area contributed by atoms with Crippen LogP contribution >= 0.6 is 0 Å². The number of methoxy groups -OCH3 is 1. The number of hydrogen-bond donors (Lipinski definition) is 1. The summed E-state index contributed by atoms with van der Waals surface area (Å²) in [4.78, 5) is 11.4. The fourth-order valence-electron chi connectivity index (χ4n) is 2.30. The van der Waals surface area contributed by atoms with Crippen molar-refractivity contribution in [3.63, 3.8) is 0 Å². The van der Waals surface area contributed by atoms with Crippen molar-refractivity contribution in [2.75, 3.05) is 7.11 Å². The second-order valence-corrected chi connectivity index (χ2v) is 4.48. The smallest absolute Gasteiger partial charge is 0.322 e. The molecule has 1 unspecified atom stereocenters. The molecule has 4 atom stereocenters. The van der Waals surface area contributed by atoms with Gasteiger partial charge in [-0.05, 0) is 31.6 Å². The minimum Gasteiger partial charge on any atom is -0.468 e. The topological polar surface area (TPSA) is 61.6 Å². The molecule has 0 aromatic carbocycles. The molecule has 4 nitrogen and oxygen atoms in total. The van der Waals surface area contributed by atoms with Crippen molar-refractivity contribution in [2.24, 2.45) is 11.7 Å². The van der Waals surface area contributed by atoms with Gasteiger partial charge in [-0.3, -0.25) is 4.79 Å². The molecule has 0 spiro atoms. The van der Waals surface area contributed by atoms with Gasteiger partial charge in [0.05, 0.1) is 19.3 Å². The van der Waals surface area contributed by atoms with Crippen molar-refractivity contribution in [1.29, 1.82) is 0 Å². The fourth-order valence-corrected chi connectivity index (χ4v) is 2.30. The first-order valence-electron chi connectivity index (χ1n) is 6.11. The molecule has 4 heteroatoms. The quantitative estimate of drug-likeness (QED) is 0.742. The molecule has 1 heterocycles. The third kappa shape index (κ3) is 3.19. The van der Waals surface area contributed by atoms with Crippen LogP contribution < -0.4 is 5.73 Å². The van der Waals surface area contributed by atoms with E-state index in [0.29, 0.717) is 0 Å². The Morgan fingerprint density at radius 1 is 1.38 bits per heavy atom. The van der Waals surface area contributed by atoms with Gasteiger partial charge >= 0.3 is 5.97 Å². The van der Waals surface area contributed by atoms with Crippen molar-refractivity contribution in [3.8, 4) is 0 Å². The Bertz CT molecular complexity index is 220. The summed E-state index contributed by atoms with van der Waals surface area (Å²) in [7, 11) is 1.39. The number of hydrogen-bond acceptors (Lipinski definition) is 4. The summed E-state index contributed by atoms with van der Waals surface area (Å²) < 4.78 is 10.6. The van der Waals surface area contributed by atoms with Gasteiger partial charge in [-0.25, -0.2) is 0 Å². The molecule has 94 valence electrons. The van der Waals surface area contributed by atoms with E-state index in [2.05, 4.69) is 13.8 Å². The minimum atomic E-state index is -0.503. The van der Waals surface area contributed by atoms with Gasteiger partial charge in [0.25, 0.3) is 0 Å². The van der Waals surface area contributed by atoms with Crippen molar-refractivity contribution in [3.05, 3.63) is 0 Å². The highest BCUT2D eigenvalue weighted by Crippen LogP contribution is 2.30.